The highest BCUT2D eigenvalue weighted by molar-refractivity contribution is 5.79. The van der Waals surface area contributed by atoms with Crippen molar-refractivity contribution in [1.29, 1.82) is 0 Å². The van der Waals surface area contributed by atoms with Gasteiger partial charge in [-0.3, -0.25) is 14.5 Å². The summed E-state index contributed by atoms with van der Waals surface area (Å²) in [7, 11) is 1.64. The van der Waals surface area contributed by atoms with Crippen molar-refractivity contribution in [2.75, 3.05) is 7.05 Å². The number of hydrogen-bond acceptors (Lipinski definition) is 5. The van der Waals surface area contributed by atoms with Crippen molar-refractivity contribution in [1.82, 2.24) is 24.6 Å². The Hall–Kier alpha value is -2.90. The summed E-state index contributed by atoms with van der Waals surface area (Å²) in [5.74, 6) is -0.187. The number of aromatic amines is 1. The van der Waals surface area contributed by atoms with Gasteiger partial charge in [0.05, 0.1) is 12.1 Å². The number of H-pyrrole nitrogens is 1. The molecule has 2 aromatic heterocycles. The molecule has 0 aliphatic heterocycles. The average molecular weight is 287 g/mol. The van der Waals surface area contributed by atoms with Gasteiger partial charge in [-0.25, -0.2) is 9.78 Å². The van der Waals surface area contributed by atoms with Crippen LogP contribution < -0.4 is 5.76 Å². The maximum atomic E-state index is 12.2. The van der Waals surface area contributed by atoms with Crippen molar-refractivity contribution >= 4 is 17.0 Å². The Balaban J connectivity index is 1.80. The molecule has 3 rings (SSSR count). The largest absolute Gasteiger partial charge is 0.420 e. The molecule has 1 aromatic carbocycles. The molecule has 0 unspecified atom stereocenters. The molecule has 0 saturated heterocycles. The number of fused-ring (bicyclic) bond motifs is 1. The van der Waals surface area contributed by atoms with Crippen LogP contribution in [0.4, 0.5) is 0 Å². The van der Waals surface area contributed by atoms with Gasteiger partial charge in [0.15, 0.2) is 5.58 Å². The van der Waals surface area contributed by atoms with E-state index in [1.807, 2.05) is 0 Å². The first-order valence-corrected chi connectivity index (χ1v) is 6.32. The number of carbonyl (C=O) groups excluding carboxylic acids is 1. The van der Waals surface area contributed by atoms with Crippen LogP contribution in [0.1, 0.15) is 5.82 Å². The van der Waals surface area contributed by atoms with Crippen molar-refractivity contribution in [2.24, 2.45) is 0 Å². The van der Waals surface area contributed by atoms with Crippen molar-refractivity contribution in [3.63, 3.8) is 0 Å². The molecule has 0 spiro atoms. The number of para-hydroxylation sites is 2. The van der Waals surface area contributed by atoms with Gasteiger partial charge >= 0.3 is 5.76 Å². The van der Waals surface area contributed by atoms with E-state index in [1.165, 1.54) is 15.8 Å². The standard InChI is InChI=1S/C13H13N5O3/c1-17(6-11-14-8-15-16-11)12(19)7-18-9-4-2-3-5-10(9)21-13(18)20/h2-5,8H,6-7H2,1H3,(H,14,15,16). The third-order valence-corrected chi connectivity index (χ3v) is 3.14. The lowest BCUT2D eigenvalue weighted by atomic mass is 10.3. The van der Waals surface area contributed by atoms with Crippen LogP contribution >= 0.6 is 0 Å². The van der Waals surface area contributed by atoms with Gasteiger partial charge < -0.3 is 9.32 Å². The second-order valence-electron chi connectivity index (χ2n) is 4.60. The fraction of sp³-hybridized carbons (Fsp3) is 0.231. The molecule has 3 aromatic rings. The third kappa shape index (κ3) is 2.55. The second kappa shape index (κ2) is 5.23. The van der Waals surface area contributed by atoms with E-state index < -0.39 is 5.76 Å². The van der Waals surface area contributed by atoms with Crippen LogP contribution in [-0.2, 0) is 17.9 Å². The van der Waals surface area contributed by atoms with Gasteiger partial charge in [-0.15, -0.1) is 0 Å². The molecule has 0 atom stereocenters. The Morgan fingerprint density at radius 1 is 1.43 bits per heavy atom. The maximum Gasteiger partial charge on any atom is 0.420 e. The molecule has 108 valence electrons. The smallest absolute Gasteiger partial charge is 0.408 e. The minimum atomic E-state index is -0.544. The van der Waals surface area contributed by atoms with Crippen molar-refractivity contribution in [3.05, 3.63) is 47.0 Å². The SMILES string of the molecule is CN(Cc1ncn[nH]1)C(=O)Cn1c(=O)oc2ccccc21. The molecule has 8 nitrogen and oxygen atoms in total. The van der Waals surface area contributed by atoms with Crippen LogP contribution in [0.25, 0.3) is 11.1 Å². The zero-order chi connectivity index (χ0) is 14.8. The zero-order valence-corrected chi connectivity index (χ0v) is 11.3. The van der Waals surface area contributed by atoms with Crippen LogP contribution in [0.15, 0.2) is 39.8 Å². The number of rotatable bonds is 4. The molecule has 0 aliphatic carbocycles. The molecule has 0 bridgehead atoms. The van der Waals surface area contributed by atoms with Crippen molar-refractivity contribution in [3.8, 4) is 0 Å². The molecule has 0 radical (unpaired) electrons. The predicted molar refractivity (Wildman–Crippen MR) is 73.3 cm³/mol. The Bertz CT molecular complexity index is 818. The highest BCUT2D eigenvalue weighted by Gasteiger charge is 2.16. The topological polar surface area (TPSA) is 97.0 Å². The van der Waals surface area contributed by atoms with Gasteiger partial charge in [0, 0.05) is 7.05 Å². The number of likely N-dealkylation sites (N-methyl/N-ethyl adjacent to an activating group) is 1. The molecule has 2 heterocycles. The second-order valence-corrected chi connectivity index (χ2v) is 4.60. The highest BCUT2D eigenvalue weighted by atomic mass is 16.4. The lowest BCUT2D eigenvalue weighted by Gasteiger charge is -2.15. The monoisotopic (exact) mass is 287 g/mol. The van der Waals surface area contributed by atoms with Crippen LogP contribution in [0, 0.1) is 0 Å². The molecular weight excluding hydrogens is 274 g/mol. The predicted octanol–water partition coefficient (Wildman–Crippen LogP) is 0.371. The molecule has 0 aliphatic rings. The minimum absolute atomic E-state index is 0.0829. The van der Waals surface area contributed by atoms with E-state index in [2.05, 4.69) is 15.2 Å². The lowest BCUT2D eigenvalue weighted by Crippen LogP contribution is -2.32. The molecule has 8 heteroatoms. The molecule has 0 fully saturated rings. The summed E-state index contributed by atoms with van der Waals surface area (Å²) in [5.41, 5.74) is 1.07. The molecular formula is C13H13N5O3. The normalized spacial score (nSPS) is 10.9. The van der Waals surface area contributed by atoms with E-state index in [0.29, 0.717) is 23.5 Å². The quantitative estimate of drug-likeness (QED) is 0.747. The first-order valence-electron chi connectivity index (χ1n) is 6.32. The fourth-order valence-electron chi connectivity index (χ4n) is 2.04. The number of benzene rings is 1. The molecule has 1 N–H and O–H groups in total. The summed E-state index contributed by atoms with van der Waals surface area (Å²) in [6, 6.07) is 6.99. The molecule has 1 amide bonds. The number of nitrogens with zero attached hydrogens (tertiary/aromatic N) is 4. The minimum Gasteiger partial charge on any atom is -0.408 e. The summed E-state index contributed by atoms with van der Waals surface area (Å²) in [4.78, 5) is 29.4. The van der Waals surface area contributed by atoms with Crippen molar-refractivity contribution < 1.29 is 9.21 Å². The van der Waals surface area contributed by atoms with Crippen LogP contribution in [0.2, 0.25) is 0 Å². The summed E-state index contributed by atoms with van der Waals surface area (Å²) in [5, 5.41) is 6.40. The summed E-state index contributed by atoms with van der Waals surface area (Å²) >= 11 is 0. The van der Waals surface area contributed by atoms with Crippen molar-refractivity contribution in [2.45, 2.75) is 13.1 Å². The Kier molecular flexibility index (Phi) is 3.27. The van der Waals surface area contributed by atoms with Crippen LogP contribution in [-0.4, -0.2) is 37.6 Å². The number of nitrogens with one attached hydrogen (secondary N) is 1. The zero-order valence-electron chi connectivity index (χ0n) is 11.3. The summed E-state index contributed by atoms with van der Waals surface area (Å²) in [6.07, 6.45) is 1.38. The Morgan fingerprint density at radius 3 is 3.00 bits per heavy atom. The number of carbonyl (C=O) groups is 1. The van der Waals surface area contributed by atoms with E-state index in [4.69, 9.17) is 4.42 Å². The highest BCUT2D eigenvalue weighted by Crippen LogP contribution is 2.11. The van der Waals surface area contributed by atoms with E-state index in [-0.39, 0.29) is 12.5 Å². The van der Waals surface area contributed by atoms with Gasteiger partial charge in [-0.1, -0.05) is 12.1 Å². The average Bonchev–Trinajstić information content (AvgIpc) is 3.07. The number of amides is 1. The summed E-state index contributed by atoms with van der Waals surface area (Å²) in [6.45, 7) is 0.212. The van der Waals surface area contributed by atoms with E-state index >= 15 is 0 Å². The van der Waals surface area contributed by atoms with Gasteiger partial charge in [-0.2, -0.15) is 5.10 Å². The molecule has 0 saturated carbocycles. The number of aromatic nitrogens is 4. The van der Waals surface area contributed by atoms with E-state index in [1.54, 1.807) is 31.3 Å². The number of oxazole rings is 1. The Morgan fingerprint density at radius 2 is 2.24 bits per heavy atom. The van der Waals surface area contributed by atoms with Crippen LogP contribution in [0.3, 0.4) is 0 Å². The van der Waals surface area contributed by atoms with Gasteiger partial charge in [-0.05, 0) is 12.1 Å². The third-order valence-electron chi connectivity index (χ3n) is 3.14. The van der Waals surface area contributed by atoms with Gasteiger partial charge in [0.2, 0.25) is 5.91 Å². The van der Waals surface area contributed by atoms with E-state index in [0.717, 1.165) is 0 Å². The summed E-state index contributed by atoms with van der Waals surface area (Å²) < 4.78 is 6.41. The maximum absolute atomic E-state index is 12.2. The number of hydrogen-bond donors (Lipinski definition) is 1. The van der Waals surface area contributed by atoms with Gasteiger partial charge in [0.1, 0.15) is 18.7 Å². The molecule has 21 heavy (non-hydrogen) atoms. The fourth-order valence-corrected chi connectivity index (χ4v) is 2.04. The van der Waals surface area contributed by atoms with E-state index in [9.17, 15) is 9.59 Å². The first-order chi connectivity index (χ1) is 10.1. The van der Waals surface area contributed by atoms with Gasteiger partial charge in [0.25, 0.3) is 0 Å². The lowest BCUT2D eigenvalue weighted by molar-refractivity contribution is -0.131. The Labute approximate surface area is 119 Å². The van der Waals surface area contributed by atoms with Crippen LogP contribution in [0.5, 0.6) is 0 Å². The first kappa shape index (κ1) is 13.1.